The number of aryl methyl sites for hydroxylation is 2. The van der Waals surface area contributed by atoms with Gasteiger partial charge in [0, 0.05) is 22.0 Å². The Labute approximate surface area is 171 Å². The monoisotopic (exact) mass is 408 g/mol. The molecule has 0 aliphatic carbocycles. The lowest BCUT2D eigenvalue weighted by Gasteiger charge is -2.00. The third-order valence-electron chi connectivity index (χ3n) is 4.44. The fraction of sp³-hybridized carbons (Fsp3) is 0.190. The minimum atomic E-state index is -0.248. The second kappa shape index (κ2) is 7.69. The number of benzene rings is 1. The number of nitrogens with two attached hydrogens (primary N) is 1. The molecule has 4 aromatic rings. The Morgan fingerprint density at radius 2 is 1.93 bits per heavy atom. The molecule has 0 atom stereocenters. The van der Waals surface area contributed by atoms with E-state index in [4.69, 9.17) is 5.73 Å². The van der Waals surface area contributed by atoms with Gasteiger partial charge in [0.1, 0.15) is 9.71 Å². The molecule has 0 unspecified atom stereocenters. The summed E-state index contributed by atoms with van der Waals surface area (Å²) in [5.74, 6) is -0.248. The molecule has 3 aromatic heterocycles. The quantitative estimate of drug-likeness (QED) is 0.456. The zero-order valence-corrected chi connectivity index (χ0v) is 17.3. The molecule has 0 bridgehead atoms. The molecule has 0 aliphatic rings. The summed E-state index contributed by atoms with van der Waals surface area (Å²) in [7, 11) is 0. The van der Waals surface area contributed by atoms with Gasteiger partial charge in [-0.3, -0.25) is 10.1 Å². The Hall–Kier alpha value is -2.77. The van der Waals surface area contributed by atoms with Crippen LogP contribution < -0.4 is 11.1 Å². The van der Waals surface area contributed by atoms with Gasteiger partial charge in [-0.2, -0.15) is 0 Å². The molecule has 0 saturated heterocycles. The molecule has 0 saturated carbocycles. The largest absolute Gasteiger partial charge is 0.397 e. The Balaban J connectivity index is 1.57. The third kappa shape index (κ3) is 3.63. The molecule has 1 aromatic carbocycles. The van der Waals surface area contributed by atoms with Crippen LogP contribution in [0.5, 0.6) is 0 Å². The average molecular weight is 409 g/mol. The lowest BCUT2D eigenvalue weighted by molar-refractivity contribution is 0.103. The average Bonchev–Trinajstić information content (AvgIpc) is 3.27. The van der Waals surface area contributed by atoms with Gasteiger partial charge in [0.2, 0.25) is 0 Å². The first kappa shape index (κ1) is 18.6. The van der Waals surface area contributed by atoms with E-state index in [1.807, 2.05) is 48.7 Å². The van der Waals surface area contributed by atoms with E-state index in [0.29, 0.717) is 15.7 Å². The van der Waals surface area contributed by atoms with Gasteiger partial charge in [0.15, 0.2) is 5.13 Å². The fourth-order valence-electron chi connectivity index (χ4n) is 2.94. The first-order valence-corrected chi connectivity index (χ1v) is 10.8. The third-order valence-corrected chi connectivity index (χ3v) is 6.31. The van der Waals surface area contributed by atoms with Crippen LogP contribution in [0.25, 0.3) is 21.5 Å². The zero-order chi connectivity index (χ0) is 19.7. The highest BCUT2D eigenvalue weighted by Crippen LogP contribution is 2.34. The summed E-state index contributed by atoms with van der Waals surface area (Å²) in [5, 5.41) is 6.19. The van der Waals surface area contributed by atoms with Crippen molar-refractivity contribution in [2.45, 2.75) is 26.7 Å². The second-order valence-corrected chi connectivity index (χ2v) is 8.47. The van der Waals surface area contributed by atoms with Crippen LogP contribution in [0.3, 0.4) is 0 Å². The Morgan fingerprint density at radius 1 is 1.14 bits per heavy atom. The molecule has 0 spiro atoms. The summed E-state index contributed by atoms with van der Waals surface area (Å²) in [5.41, 5.74) is 10.8. The van der Waals surface area contributed by atoms with E-state index >= 15 is 0 Å². The van der Waals surface area contributed by atoms with E-state index in [-0.39, 0.29) is 5.91 Å². The van der Waals surface area contributed by atoms with Crippen LogP contribution in [-0.4, -0.2) is 15.9 Å². The number of hydrogen-bond donors (Lipinski definition) is 2. The van der Waals surface area contributed by atoms with E-state index in [1.165, 1.54) is 28.2 Å². The Kier molecular flexibility index (Phi) is 5.11. The van der Waals surface area contributed by atoms with Crippen molar-refractivity contribution in [1.29, 1.82) is 0 Å². The molecule has 0 aliphatic heterocycles. The van der Waals surface area contributed by atoms with Crippen molar-refractivity contribution in [3.05, 3.63) is 57.9 Å². The molecule has 142 valence electrons. The van der Waals surface area contributed by atoms with Gasteiger partial charge in [0.25, 0.3) is 5.91 Å². The summed E-state index contributed by atoms with van der Waals surface area (Å²) in [6.45, 7) is 4.17. The van der Waals surface area contributed by atoms with Crippen LogP contribution >= 0.6 is 22.7 Å². The van der Waals surface area contributed by atoms with Gasteiger partial charge in [-0.15, -0.1) is 22.7 Å². The molecular formula is C21H20N4OS2. The van der Waals surface area contributed by atoms with Gasteiger partial charge in [-0.05, 0) is 25.5 Å². The van der Waals surface area contributed by atoms with E-state index in [2.05, 4.69) is 22.2 Å². The molecule has 5 nitrogen and oxygen atoms in total. The number of aromatic nitrogens is 2. The van der Waals surface area contributed by atoms with Gasteiger partial charge < -0.3 is 5.73 Å². The van der Waals surface area contributed by atoms with Gasteiger partial charge in [-0.25, -0.2) is 9.97 Å². The van der Waals surface area contributed by atoms with Crippen LogP contribution in [0.2, 0.25) is 0 Å². The number of nitrogens with zero attached hydrogens (tertiary/aromatic N) is 2. The number of thiophene rings is 1. The molecule has 4 rings (SSSR count). The van der Waals surface area contributed by atoms with Gasteiger partial charge >= 0.3 is 0 Å². The van der Waals surface area contributed by atoms with Crippen molar-refractivity contribution in [2.75, 3.05) is 11.1 Å². The molecule has 3 N–H and O–H groups in total. The number of carbonyl (C=O) groups excluding carboxylic acids is 1. The minimum Gasteiger partial charge on any atom is -0.397 e. The molecule has 0 radical (unpaired) electrons. The number of rotatable bonds is 5. The topological polar surface area (TPSA) is 80.9 Å². The number of anilines is 2. The molecule has 7 heteroatoms. The number of pyridine rings is 1. The highest BCUT2D eigenvalue weighted by atomic mass is 32.1. The molecule has 1 amide bonds. The number of hydrogen-bond acceptors (Lipinski definition) is 6. The Bertz CT molecular complexity index is 1150. The van der Waals surface area contributed by atoms with Crippen molar-refractivity contribution in [3.63, 3.8) is 0 Å². The summed E-state index contributed by atoms with van der Waals surface area (Å²) in [6, 6.07) is 12.1. The fourth-order valence-corrected chi connectivity index (χ4v) is 4.66. The number of carbonyl (C=O) groups is 1. The predicted molar refractivity (Wildman–Crippen MR) is 118 cm³/mol. The maximum atomic E-state index is 12.8. The van der Waals surface area contributed by atoms with Crippen molar-refractivity contribution in [3.8, 4) is 11.3 Å². The normalized spacial score (nSPS) is 11.1. The molecule has 28 heavy (non-hydrogen) atoms. The lowest BCUT2D eigenvalue weighted by atomic mass is 10.1. The maximum Gasteiger partial charge on any atom is 0.269 e. The standard InChI is InChI=1S/C21H20N4OS2/c1-3-4-14-9-10-15-17(22)18(28-20(15)23-14)19(26)25-21-24-16(11-27-21)13-7-5-12(2)6-8-13/h5-11H,3-4,22H2,1-2H3,(H,24,25,26). The zero-order valence-electron chi connectivity index (χ0n) is 15.7. The number of nitrogen functional groups attached to an aromatic ring is 1. The van der Waals surface area contributed by atoms with Crippen molar-refractivity contribution >= 4 is 49.6 Å². The van der Waals surface area contributed by atoms with Crippen LogP contribution in [0.4, 0.5) is 10.8 Å². The van der Waals surface area contributed by atoms with E-state index in [1.54, 1.807) is 0 Å². The number of thiazole rings is 1. The SMILES string of the molecule is CCCc1ccc2c(N)c(C(=O)Nc3nc(-c4ccc(C)cc4)cs3)sc2n1. The molecular weight excluding hydrogens is 388 g/mol. The van der Waals surface area contributed by atoms with Crippen molar-refractivity contribution in [1.82, 2.24) is 9.97 Å². The molecule has 0 fully saturated rings. The van der Waals surface area contributed by atoms with Crippen LogP contribution in [0.1, 0.15) is 34.3 Å². The van der Waals surface area contributed by atoms with E-state index < -0.39 is 0 Å². The summed E-state index contributed by atoms with van der Waals surface area (Å²) >= 11 is 2.72. The van der Waals surface area contributed by atoms with Gasteiger partial charge in [0.05, 0.1) is 11.4 Å². The second-order valence-electron chi connectivity index (χ2n) is 6.61. The number of nitrogens with one attached hydrogen (secondary N) is 1. The van der Waals surface area contributed by atoms with Crippen molar-refractivity contribution < 1.29 is 4.79 Å². The smallest absolute Gasteiger partial charge is 0.269 e. The van der Waals surface area contributed by atoms with Crippen LogP contribution in [0.15, 0.2) is 41.8 Å². The maximum absolute atomic E-state index is 12.8. The van der Waals surface area contributed by atoms with Crippen molar-refractivity contribution in [2.24, 2.45) is 0 Å². The van der Waals surface area contributed by atoms with E-state index in [9.17, 15) is 4.79 Å². The summed E-state index contributed by atoms with van der Waals surface area (Å²) < 4.78 is 0. The van der Waals surface area contributed by atoms with Gasteiger partial charge in [-0.1, -0.05) is 43.2 Å². The first-order valence-electron chi connectivity index (χ1n) is 9.07. The highest BCUT2D eigenvalue weighted by molar-refractivity contribution is 7.21. The Morgan fingerprint density at radius 3 is 2.68 bits per heavy atom. The predicted octanol–water partition coefficient (Wildman–Crippen LogP) is 5.52. The minimum absolute atomic E-state index is 0.248. The summed E-state index contributed by atoms with van der Waals surface area (Å²) in [6.07, 6.45) is 1.94. The lowest BCUT2D eigenvalue weighted by Crippen LogP contribution is -2.11. The number of amides is 1. The van der Waals surface area contributed by atoms with E-state index in [0.717, 1.165) is 40.0 Å². The van der Waals surface area contributed by atoms with Crippen LogP contribution in [0, 0.1) is 6.92 Å². The summed E-state index contributed by atoms with van der Waals surface area (Å²) in [4.78, 5) is 23.2. The highest BCUT2D eigenvalue weighted by Gasteiger charge is 2.19. The molecule has 3 heterocycles. The number of fused-ring (bicyclic) bond motifs is 1. The first-order chi connectivity index (χ1) is 13.5. The van der Waals surface area contributed by atoms with Crippen LogP contribution in [-0.2, 0) is 6.42 Å².